The number of para-hydroxylation sites is 1. The van der Waals surface area contributed by atoms with Crippen LogP contribution in [0.5, 0.6) is 0 Å². The van der Waals surface area contributed by atoms with Gasteiger partial charge >= 0.3 is 5.63 Å². The lowest BCUT2D eigenvalue weighted by atomic mass is 9.89. The molecule has 0 spiro atoms. The Labute approximate surface area is 116 Å². The van der Waals surface area contributed by atoms with E-state index in [9.17, 15) is 9.90 Å². The molecule has 0 aliphatic heterocycles. The fourth-order valence-corrected chi connectivity index (χ4v) is 2.32. The summed E-state index contributed by atoms with van der Waals surface area (Å²) < 4.78 is 5.29. The van der Waals surface area contributed by atoms with Crippen LogP contribution < -0.4 is 5.63 Å². The van der Waals surface area contributed by atoms with Crippen LogP contribution >= 0.6 is 0 Å². The topological polar surface area (TPSA) is 50.4 Å². The van der Waals surface area contributed by atoms with Crippen LogP contribution in [-0.4, -0.2) is 5.11 Å². The molecule has 0 fully saturated rings. The van der Waals surface area contributed by atoms with Crippen LogP contribution in [0.4, 0.5) is 0 Å². The molecule has 1 atom stereocenters. The van der Waals surface area contributed by atoms with Gasteiger partial charge in [-0.1, -0.05) is 48.5 Å². The second-order valence-electron chi connectivity index (χ2n) is 4.92. The molecule has 0 amide bonds. The molecule has 0 radical (unpaired) electrons. The summed E-state index contributed by atoms with van der Waals surface area (Å²) in [4.78, 5) is 12.1. The molecular weight excluding hydrogens is 252 g/mol. The van der Waals surface area contributed by atoms with Crippen molar-refractivity contribution in [1.82, 2.24) is 0 Å². The van der Waals surface area contributed by atoms with Gasteiger partial charge in [0.05, 0.1) is 5.56 Å². The molecule has 0 bridgehead atoms. The summed E-state index contributed by atoms with van der Waals surface area (Å²) in [7, 11) is 0. The van der Waals surface area contributed by atoms with Crippen molar-refractivity contribution in [2.45, 2.75) is 12.5 Å². The third-order valence-electron chi connectivity index (χ3n) is 3.50. The predicted molar refractivity (Wildman–Crippen MR) is 77.6 cm³/mol. The van der Waals surface area contributed by atoms with Gasteiger partial charge in [0.2, 0.25) is 0 Å². The van der Waals surface area contributed by atoms with Gasteiger partial charge in [0.15, 0.2) is 0 Å². The molecule has 3 nitrogen and oxygen atoms in total. The van der Waals surface area contributed by atoms with E-state index in [0.29, 0.717) is 11.1 Å². The molecule has 1 heterocycles. The van der Waals surface area contributed by atoms with E-state index in [4.69, 9.17) is 4.42 Å². The largest absolute Gasteiger partial charge is 0.422 e. The molecule has 0 aliphatic carbocycles. The molecule has 0 saturated heterocycles. The normalized spacial score (nSPS) is 14.1. The van der Waals surface area contributed by atoms with Crippen molar-refractivity contribution in [3.8, 4) is 0 Å². The first-order chi connectivity index (χ1) is 9.59. The Bertz CT molecular complexity index is 801. The Kier molecular flexibility index (Phi) is 2.92. The zero-order valence-corrected chi connectivity index (χ0v) is 11.0. The third kappa shape index (κ3) is 2.02. The number of fused-ring (bicyclic) bond motifs is 1. The second-order valence-corrected chi connectivity index (χ2v) is 4.92. The highest BCUT2D eigenvalue weighted by Crippen LogP contribution is 2.28. The van der Waals surface area contributed by atoms with Crippen molar-refractivity contribution in [2.75, 3.05) is 0 Å². The van der Waals surface area contributed by atoms with E-state index in [0.717, 1.165) is 5.39 Å². The quantitative estimate of drug-likeness (QED) is 0.725. The van der Waals surface area contributed by atoms with Gasteiger partial charge in [0.1, 0.15) is 11.2 Å². The van der Waals surface area contributed by atoms with Crippen molar-refractivity contribution in [3.05, 3.63) is 82.2 Å². The van der Waals surface area contributed by atoms with Gasteiger partial charge in [-0.2, -0.15) is 0 Å². The highest BCUT2D eigenvalue weighted by Gasteiger charge is 2.29. The molecule has 3 aromatic rings. The van der Waals surface area contributed by atoms with Crippen LogP contribution in [0.3, 0.4) is 0 Å². The minimum absolute atomic E-state index is 0.238. The van der Waals surface area contributed by atoms with Gasteiger partial charge in [-0.05, 0) is 24.6 Å². The molecule has 20 heavy (non-hydrogen) atoms. The second kappa shape index (κ2) is 4.62. The maximum absolute atomic E-state index is 12.1. The molecule has 1 N–H and O–H groups in total. The molecule has 0 saturated carbocycles. The van der Waals surface area contributed by atoms with E-state index >= 15 is 0 Å². The minimum Gasteiger partial charge on any atom is -0.422 e. The van der Waals surface area contributed by atoms with Gasteiger partial charge in [-0.3, -0.25) is 0 Å². The number of hydrogen-bond acceptors (Lipinski definition) is 3. The van der Waals surface area contributed by atoms with Crippen molar-refractivity contribution in [1.29, 1.82) is 0 Å². The highest BCUT2D eigenvalue weighted by atomic mass is 16.4. The van der Waals surface area contributed by atoms with Crippen LogP contribution in [0.2, 0.25) is 0 Å². The number of aliphatic hydroxyl groups is 1. The van der Waals surface area contributed by atoms with E-state index in [1.807, 2.05) is 30.3 Å². The summed E-state index contributed by atoms with van der Waals surface area (Å²) in [5.41, 5.74) is -0.487. The SMILES string of the molecule is C[C@@](O)(c1ccccc1)c1cc2ccccc2oc1=O. The fourth-order valence-electron chi connectivity index (χ4n) is 2.32. The van der Waals surface area contributed by atoms with Crippen LogP contribution in [0.15, 0.2) is 69.9 Å². The first-order valence-corrected chi connectivity index (χ1v) is 6.40. The standard InChI is InChI=1S/C17H14O3/c1-17(19,13-8-3-2-4-9-13)14-11-12-7-5-6-10-15(12)20-16(14)18/h2-11,19H,1H3/t17-/m1/s1. The lowest BCUT2D eigenvalue weighted by molar-refractivity contribution is 0.0985. The van der Waals surface area contributed by atoms with Gasteiger partial charge in [0.25, 0.3) is 0 Å². The fraction of sp³-hybridized carbons (Fsp3) is 0.118. The lowest BCUT2D eigenvalue weighted by Crippen LogP contribution is -2.29. The van der Waals surface area contributed by atoms with E-state index in [1.54, 1.807) is 37.3 Å². The minimum atomic E-state index is -1.38. The zero-order valence-electron chi connectivity index (χ0n) is 11.0. The lowest BCUT2D eigenvalue weighted by Gasteiger charge is -2.23. The summed E-state index contributed by atoms with van der Waals surface area (Å²) >= 11 is 0. The predicted octanol–water partition coefficient (Wildman–Crippen LogP) is 3.05. The molecule has 100 valence electrons. The molecular formula is C17H14O3. The average Bonchev–Trinajstić information content (AvgIpc) is 2.47. The Balaban J connectivity index is 2.24. The van der Waals surface area contributed by atoms with Gasteiger partial charge in [-0.25, -0.2) is 4.79 Å². The summed E-state index contributed by atoms with van der Waals surface area (Å²) in [6, 6.07) is 18.0. The van der Waals surface area contributed by atoms with Crippen LogP contribution in [0.25, 0.3) is 11.0 Å². The smallest absolute Gasteiger partial charge is 0.342 e. The average molecular weight is 266 g/mol. The van der Waals surface area contributed by atoms with Crippen LogP contribution in [0, 0.1) is 0 Å². The first-order valence-electron chi connectivity index (χ1n) is 6.40. The molecule has 1 aromatic heterocycles. The Hall–Kier alpha value is -2.39. The molecule has 3 heteroatoms. The molecule has 2 aromatic carbocycles. The highest BCUT2D eigenvalue weighted by molar-refractivity contribution is 5.77. The van der Waals surface area contributed by atoms with E-state index in [2.05, 4.69) is 0 Å². The molecule has 0 unspecified atom stereocenters. The van der Waals surface area contributed by atoms with E-state index in [-0.39, 0.29) is 5.56 Å². The number of rotatable bonds is 2. The van der Waals surface area contributed by atoms with Crippen molar-refractivity contribution < 1.29 is 9.52 Å². The first kappa shape index (κ1) is 12.6. The summed E-state index contributed by atoms with van der Waals surface area (Å²) in [6.45, 7) is 1.60. The summed E-state index contributed by atoms with van der Waals surface area (Å²) in [5, 5.41) is 11.5. The van der Waals surface area contributed by atoms with Crippen LogP contribution in [0.1, 0.15) is 18.1 Å². The number of hydrogen-bond donors (Lipinski definition) is 1. The Morgan fingerprint density at radius 2 is 1.65 bits per heavy atom. The summed E-state index contributed by atoms with van der Waals surface area (Å²) in [5.74, 6) is 0. The van der Waals surface area contributed by atoms with Gasteiger partial charge in [0, 0.05) is 5.39 Å². The van der Waals surface area contributed by atoms with Crippen molar-refractivity contribution in [2.24, 2.45) is 0 Å². The van der Waals surface area contributed by atoms with Crippen molar-refractivity contribution >= 4 is 11.0 Å². The van der Waals surface area contributed by atoms with E-state index in [1.165, 1.54) is 0 Å². The number of benzene rings is 2. The maximum Gasteiger partial charge on any atom is 0.342 e. The maximum atomic E-state index is 12.1. The molecule has 0 aliphatic rings. The third-order valence-corrected chi connectivity index (χ3v) is 3.50. The van der Waals surface area contributed by atoms with Crippen LogP contribution in [-0.2, 0) is 5.60 Å². The Morgan fingerprint density at radius 1 is 1.00 bits per heavy atom. The monoisotopic (exact) mass is 266 g/mol. The zero-order chi connectivity index (χ0) is 14.2. The Morgan fingerprint density at radius 3 is 2.40 bits per heavy atom. The summed E-state index contributed by atoms with van der Waals surface area (Å²) in [6.07, 6.45) is 0. The molecule has 3 rings (SSSR count). The van der Waals surface area contributed by atoms with Crippen molar-refractivity contribution in [3.63, 3.8) is 0 Å². The van der Waals surface area contributed by atoms with Gasteiger partial charge < -0.3 is 9.52 Å². The van der Waals surface area contributed by atoms with E-state index < -0.39 is 11.2 Å². The van der Waals surface area contributed by atoms with Gasteiger partial charge in [-0.15, -0.1) is 0 Å².